The minimum atomic E-state index is 1.50. The van der Waals surface area contributed by atoms with E-state index < -0.39 is 0 Å². The third-order valence-corrected chi connectivity index (χ3v) is 0.478. The van der Waals surface area contributed by atoms with Crippen LogP contribution in [0.15, 0.2) is 24.8 Å². The molecule has 3 N–H and O–H groups in total. The fraction of sp³-hybridized carbons (Fsp3) is 0. The molecule has 8 heavy (non-hydrogen) atoms. The molecule has 1 aromatic heterocycles. The molecular formula is C4H7N3O. The first-order valence-electron chi connectivity index (χ1n) is 1.96. The first-order valence-corrected chi connectivity index (χ1v) is 1.96. The van der Waals surface area contributed by atoms with E-state index in [9.17, 15) is 0 Å². The Hall–Kier alpha value is -1.00. The first-order chi connectivity index (χ1) is 4.00. The van der Waals surface area contributed by atoms with Gasteiger partial charge in [0.25, 0.3) is 0 Å². The molecule has 0 amide bonds. The lowest BCUT2D eigenvalue weighted by Crippen LogP contribution is -1.72. The summed E-state index contributed by atoms with van der Waals surface area (Å²) in [5.74, 6) is 3.50. The normalized spacial score (nSPS) is 6.75. The van der Waals surface area contributed by atoms with Crippen LogP contribution in [0, 0.1) is 0 Å². The molecule has 0 spiro atoms. The van der Waals surface area contributed by atoms with Crippen LogP contribution in [0.3, 0.4) is 0 Å². The predicted molar refractivity (Wildman–Crippen MR) is 28.0 cm³/mol. The summed E-state index contributed by atoms with van der Waals surface area (Å²) in [6.45, 7) is 0. The standard InChI is InChI=1S/C4H4N2.H3NO/c1-2-5-4-6-3-1;1-2/h1-4H;2H,1H2. The maximum absolute atomic E-state index is 6.50. The van der Waals surface area contributed by atoms with Crippen molar-refractivity contribution in [2.75, 3.05) is 0 Å². The van der Waals surface area contributed by atoms with E-state index in [0.29, 0.717) is 0 Å². The van der Waals surface area contributed by atoms with Gasteiger partial charge in [0.1, 0.15) is 6.33 Å². The highest BCUT2D eigenvalue weighted by atomic mass is 16.4. The molecule has 0 aromatic carbocycles. The number of aromatic nitrogens is 2. The summed E-state index contributed by atoms with van der Waals surface area (Å²) in [7, 11) is 0. The quantitative estimate of drug-likeness (QED) is 0.457. The lowest BCUT2D eigenvalue weighted by Gasteiger charge is -1.70. The van der Waals surface area contributed by atoms with E-state index >= 15 is 0 Å². The molecule has 0 fully saturated rings. The van der Waals surface area contributed by atoms with Crippen LogP contribution in [0.25, 0.3) is 0 Å². The van der Waals surface area contributed by atoms with Gasteiger partial charge in [-0.2, -0.15) is 0 Å². The Bertz CT molecular complexity index is 83.2. The lowest BCUT2D eigenvalue weighted by atomic mass is 10.7. The van der Waals surface area contributed by atoms with Crippen LogP contribution in [-0.4, -0.2) is 15.2 Å². The number of nitrogens with zero attached hydrogens (tertiary/aromatic N) is 2. The molecule has 0 aliphatic carbocycles. The van der Waals surface area contributed by atoms with Crippen molar-refractivity contribution >= 4 is 0 Å². The molecule has 0 radical (unpaired) electrons. The molecule has 4 nitrogen and oxygen atoms in total. The highest BCUT2D eigenvalue weighted by molar-refractivity contribution is 4.74. The van der Waals surface area contributed by atoms with E-state index in [-0.39, 0.29) is 0 Å². The molecule has 1 heterocycles. The molecule has 0 saturated heterocycles. The Morgan fingerprint density at radius 3 is 1.75 bits per heavy atom. The maximum atomic E-state index is 6.50. The van der Waals surface area contributed by atoms with Gasteiger partial charge in [0, 0.05) is 12.4 Å². The maximum Gasteiger partial charge on any atom is 0.115 e. The molecule has 0 saturated carbocycles. The topological polar surface area (TPSA) is 72.0 Å². The molecule has 1 aromatic rings. The molecule has 0 bridgehead atoms. The zero-order valence-electron chi connectivity index (χ0n) is 4.23. The van der Waals surface area contributed by atoms with Gasteiger partial charge in [-0.1, -0.05) is 0 Å². The Morgan fingerprint density at radius 1 is 1.12 bits per heavy atom. The smallest absolute Gasteiger partial charge is 0.115 e. The van der Waals surface area contributed by atoms with Crippen LogP contribution in [0.4, 0.5) is 0 Å². The van der Waals surface area contributed by atoms with Gasteiger partial charge in [-0.05, 0) is 6.07 Å². The Morgan fingerprint density at radius 2 is 1.62 bits per heavy atom. The van der Waals surface area contributed by atoms with Gasteiger partial charge in [-0.3, -0.25) is 0 Å². The largest absolute Gasteiger partial charge is 0.320 e. The van der Waals surface area contributed by atoms with Crippen molar-refractivity contribution < 1.29 is 5.21 Å². The average Bonchev–Trinajstić information content (AvgIpc) is 1.96. The molecule has 1 rings (SSSR count). The van der Waals surface area contributed by atoms with Crippen molar-refractivity contribution in [1.82, 2.24) is 9.97 Å². The molecule has 44 valence electrons. The van der Waals surface area contributed by atoms with Gasteiger partial charge in [-0.15, -0.1) is 0 Å². The summed E-state index contributed by atoms with van der Waals surface area (Å²) in [4.78, 5) is 7.35. The summed E-state index contributed by atoms with van der Waals surface area (Å²) in [6.07, 6.45) is 4.88. The van der Waals surface area contributed by atoms with Gasteiger partial charge in [-0.25, -0.2) is 15.9 Å². The third kappa shape index (κ3) is 3.20. The highest BCUT2D eigenvalue weighted by Gasteiger charge is 1.59. The highest BCUT2D eigenvalue weighted by Crippen LogP contribution is 1.66. The van der Waals surface area contributed by atoms with E-state index in [0.717, 1.165) is 0 Å². The van der Waals surface area contributed by atoms with E-state index in [1.165, 1.54) is 6.33 Å². The average molecular weight is 113 g/mol. The second kappa shape index (κ2) is 6.00. The SMILES string of the molecule is NO.c1cncnc1. The van der Waals surface area contributed by atoms with Crippen LogP contribution in [0.1, 0.15) is 0 Å². The second-order valence-electron chi connectivity index (χ2n) is 0.904. The van der Waals surface area contributed by atoms with Crippen LogP contribution >= 0.6 is 0 Å². The van der Waals surface area contributed by atoms with Gasteiger partial charge >= 0.3 is 0 Å². The fourth-order valence-electron chi connectivity index (χ4n) is 0.253. The summed E-state index contributed by atoms with van der Waals surface area (Å²) in [5.41, 5.74) is 0. The van der Waals surface area contributed by atoms with Crippen molar-refractivity contribution in [1.29, 1.82) is 0 Å². The monoisotopic (exact) mass is 113 g/mol. The number of hydrogen-bond acceptors (Lipinski definition) is 4. The summed E-state index contributed by atoms with van der Waals surface area (Å²) in [5, 5.41) is 6.50. The number of hydrogen-bond donors (Lipinski definition) is 2. The Kier molecular flexibility index (Phi) is 5.25. The zero-order chi connectivity index (χ0) is 6.24. The first kappa shape index (κ1) is 7.00. The minimum Gasteiger partial charge on any atom is -0.320 e. The number of nitrogens with two attached hydrogens (primary N) is 1. The van der Waals surface area contributed by atoms with Crippen LogP contribution < -0.4 is 5.90 Å². The molecule has 0 aliphatic rings. The Labute approximate surface area is 47.0 Å². The van der Waals surface area contributed by atoms with Crippen LogP contribution in [0.2, 0.25) is 0 Å². The van der Waals surface area contributed by atoms with Gasteiger partial charge in [0.2, 0.25) is 0 Å². The van der Waals surface area contributed by atoms with Gasteiger partial charge in [0.15, 0.2) is 0 Å². The van der Waals surface area contributed by atoms with E-state index in [1.54, 1.807) is 18.5 Å². The van der Waals surface area contributed by atoms with Gasteiger partial charge < -0.3 is 5.21 Å². The second-order valence-corrected chi connectivity index (χ2v) is 0.904. The Balaban J connectivity index is 0.000000222. The molecule has 0 aliphatic heterocycles. The number of rotatable bonds is 0. The van der Waals surface area contributed by atoms with Gasteiger partial charge in [0.05, 0.1) is 0 Å². The zero-order valence-corrected chi connectivity index (χ0v) is 4.23. The van der Waals surface area contributed by atoms with Crippen molar-refractivity contribution in [3.05, 3.63) is 24.8 Å². The van der Waals surface area contributed by atoms with E-state index in [1.807, 2.05) is 0 Å². The van der Waals surface area contributed by atoms with Crippen molar-refractivity contribution in [2.45, 2.75) is 0 Å². The van der Waals surface area contributed by atoms with E-state index in [4.69, 9.17) is 5.21 Å². The van der Waals surface area contributed by atoms with Crippen molar-refractivity contribution in [2.24, 2.45) is 5.90 Å². The molecule has 4 heteroatoms. The minimum absolute atomic E-state index is 1.50. The summed E-state index contributed by atoms with van der Waals surface area (Å²) in [6, 6.07) is 1.78. The van der Waals surface area contributed by atoms with Crippen LogP contribution in [-0.2, 0) is 0 Å². The molecular weight excluding hydrogens is 106 g/mol. The van der Waals surface area contributed by atoms with Crippen molar-refractivity contribution in [3.8, 4) is 0 Å². The lowest BCUT2D eigenvalue weighted by molar-refractivity contribution is 0.311. The molecule has 0 unspecified atom stereocenters. The fourth-order valence-corrected chi connectivity index (χ4v) is 0.253. The molecule has 0 atom stereocenters. The van der Waals surface area contributed by atoms with Crippen molar-refractivity contribution in [3.63, 3.8) is 0 Å². The van der Waals surface area contributed by atoms with E-state index in [2.05, 4.69) is 15.9 Å². The third-order valence-electron chi connectivity index (χ3n) is 0.478. The van der Waals surface area contributed by atoms with Crippen LogP contribution in [0.5, 0.6) is 0 Å². The summed E-state index contributed by atoms with van der Waals surface area (Å²) < 4.78 is 0. The predicted octanol–water partition coefficient (Wildman–Crippen LogP) is -0.189. The summed E-state index contributed by atoms with van der Waals surface area (Å²) >= 11 is 0.